The van der Waals surface area contributed by atoms with Crippen molar-refractivity contribution in [1.82, 2.24) is 0 Å². The summed E-state index contributed by atoms with van der Waals surface area (Å²) < 4.78 is 46.5. The lowest BCUT2D eigenvalue weighted by Gasteiger charge is -2.20. The van der Waals surface area contributed by atoms with Crippen LogP contribution in [0, 0.1) is 0 Å². The van der Waals surface area contributed by atoms with Crippen LogP contribution in [0.1, 0.15) is 25.0 Å². The van der Waals surface area contributed by atoms with Crippen LogP contribution in [0.5, 0.6) is 11.5 Å². The first kappa shape index (κ1) is 16.0. The predicted octanol–water partition coefficient (Wildman–Crippen LogP) is 2.98. The summed E-state index contributed by atoms with van der Waals surface area (Å²) in [7, 11) is 4.24. The second-order valence-electron chi connectivity index (χ2n) is 4.52. The number of ether oxygens (including phenoxy) is 2. The normalized spacial score (nSPS) is 12.3. The third-order valence-corrected chi connectivity index (χ3v) is 3.55. The molecule has 0 aliphatic rings. The van der Waals surface area contributed by atoms with Gasteiger partial charge < -0.3 is 9.47 Å². The maximum Gasteiger partial charge on any atom is 0.236 e. The zero-order valence-electron chi connectivity index (χ0n) is 11.2. The van der Waals surface area contributed by atoms with Crippen molar-refractivity contribution < 1.29 is 22.3 Å². The lowest BCUT2D eigenvalue weighted by Crippen LogP contribution is -2.12. The second kappa shape index (κ2) is 5.54. The van der Waals surface area contributed by atoms with Crippen LogP contribution in [-0.4, -0.2) is 22.6 Å². The molecule has 0 fully saturated rings. The SMILES string of the molecule is COc1cc(C(C)(C)F)c(OC)cc1CS(=O)(=O)Cl. The van der Waals surface area contributed by atoms with Crippen LogP contribution in [0.3, 0.4) is 0 Å². The van der Waals surface area contributed by atoms with Gasteiger partial charge in [0.05, 0.1) is 20.0 Å². The van der Waals surface area contributed by atoms with E-state index in [1.54, 1.807) is 0 Å². The molecule has 0 atom stereocenters. The molecule has 0 aliphatic carbocycles. The summed E-state index contributed by atoms with van der Waals surface area (Å²) in [6, 6.07) is 2.85. The average Bonchev–Trinajstić information content (AvgIpc) is 2.24. The van der Waals surface area contributed by atoms with Gasteiger partial charge in [-0.2, -0.15) is 0 Å². The molecule has 4 nitrogen and oxygen atoms in total. The molecule has 7 heteroatoms. The summed E-state index contributed by atoms with van der Waals surface area (Å²) in [5.74, 6) is 0.0931. The lowest BCUT2D eigenvalue weighted by atomic mass is 9.97. The molecule has 19 heavy (non-hydrogen) atoms. The van der Waals surface area contributed by atoms with Crippen LogP contribution in [0.2, 0.25) is 0 Å². The van der Waals surface area contributed by atoms with Crippen LogP contribution < -0.4 is 9.47 Å². The first-order valence-corrected chi connectivity index (χ1v) is 7.93. The lowest BCUT2D eigenvalue weighted by molar-refractivity contribution is 0.212. The van der Waals surface area contributed by atoms with E-state index in [-0.39, 0.29) is 17.1 Å². The van der Waals surface area contributed by atoms with Gasteiger partial charge in [0.2, 0.25) is 9.05 Å². The van der Waals surface area contributed by atoms with Gasteiger partial charge in [-0.05, 0) is 26.0 Å². The van der Waals surface area contributed by atoms with Crippen LogP contribution >= 0.6 is 10.7 Å². The number of hydrogen-bond donors (Lipinski definition) is 0. The van der Waals surface area contributed by atoms with Gasteiger partial charge in [0.15, 0.2) is 0 Å². The third-order valence-electron chi connectivity index (χ3n) is 2.57. The average molecular weight is 311 g/mol. The van der Waals surface area contributed by atoms with Crippen molar-refractivity contribution in [3.8, 4) is 11.5 Å². The van der Waals surface area contributed by atoms with E-state index in [1.165, 1.54) is 40.2 Å². The minimum atomic E-state index is -3.74. The first-order chi connectivity index (χ1) is 8.58. The Morgan fingerprint density at radius 3 is 2.11 bits per heavy atom. The highest BCUT2D eigenvalue weighted by Crippen LogP contribution is 2.38. The molecule has 0 spiro atoms. The number of rotatable bonds is 5. The van der Waals surface area contributed by atoms with Crippen LogP contribution in [-0.2, 0) is 20.5 Å². The molecule has 0 amide bonds. The van der Waals surface area contributed by atoms with Gasteiger partial charge in [-0.3, -0.25) is 0 Å². The van der Waals surface area contributed by atoms with Gasteiger partial charge in [0, 0.05) is 21.8 Å². The van der Waals surface area contributed by atoms with Gasteiger partial charge in [-0.1, -0.05) is 0 Å². The highest BCUT2D eigenvalue weighted by atomic mass is 35.7. The van der Waals surface area contributed by atoms with Gasteiger partial charge in [0.25, 0.3) is 0 Å². The summed E-state index contributed by atoms with van der Waals surface area (Å²) in [6.07, 6.45) is 0. The number of halogens is 2. The summed E-state index contributed by atoms with van der Waals surface area (Å²) >= 11 is 0. The Labute approximate surface area is 116 Å². The highest BCUT2D eigenvalue weighted by molar-refractivity contribution is 8.13. The van der Waals surface area contributed by atoms with Crippen LogP contribution in [0.15, 0.2) is 12.1 Å². The molecule has 108 valence electrons. The van der Waals surface area contributed by atoms with Crippen molar-refractivity contribution >= 4 is 19.7 Å². The van der Waals surface area contributed by atoms with Crippen LogP contribution in [0.25, 0.3) is 0 Å². The van der Waals surface area contributed by atoms with E-state index in [0.717, 1.165) is 0 Å². The Morgan fingerprint density at radius 1 is 1.21 bits per heavy atom. The first-order valence-electron chi connectivity index (χ1n) is 5.45. The van der Waals surface area contributed by atoms with Gasteiger partial charge in [-0.25, -0.2) is 12.8 Å². The standard InChI is InChI=1S/C12H16ClFO4S/c1-12(2,14)9-6-10(17-3)8(5-11(9)18-4)7-19(13,15)16/h5-6H,7H2,1-4H3. The molecule has 0 heterocycles. The molecular weight excluding hydrogens is 295 g/mol. The maximum absolute atomic E-state index is 14.1. The van der Waals surface area contributed by atoms with E-state index in [9.17, 15) is 12.8 Å². The molecule has 0 saturated carbocycles. The zero-order chi connectivity index (χ0) is 14.8. The fraction of sp³-hybridized carbons (Fsp3) is 0.500. The Kier molecular flexibility index (Phi) is 4.68. The summed E-state index contributed by atoms with van der Waals surface area (Å²) in [5, 5.41) is 0. The zero-order valence-corrected chi connectivity index (χ0v) is 12.7. The molecule has 1 aromatic rings. The number of benzene rings is 1. The Hall–Kier alpha value is -1.01. The van der Waals surface area contributed by atoms with E-state index in [4.69, 9.17) is 20.2 Å². The summed E-state index contributed by atoms with van der Waals surface area (Å²) in [5.41, 5.74) is -1.04. The Bertz CT molecular complexity index is 564. The van der Waals surface area contributed by atoms with E-state index in [0.29, 0.717) is 5.56 Å². The van der Waals surface area contributed by atoms with E-state index in [1.807, 2.05) is 0 Å². The molecular formula is C12H16ClFO4S. The molecule has 0 bridgehead atoms. The molecule has 1 aromatic carbocycles. The molecule has 1 rings (SSSR count). The fourth-order valence-electron chi connectivity index (χ4n) is 1.72. The molecule has 0 unspecified atom stereocenters. The maximum atomic E-state index is 14.1. The minimum Gasteiger partial charge on any atom is -0.496 e. The van der Waals surface area contributed by atoms with Crippen molar-refractivity contribution in [3.05, 3.63) is 23.3 Å². The molecule has 0 radical (unpaired) electrons. The van der Waals surface area contributed by atoms with Gasteiger partial charge in [0.1, 0.15) is 17.2 Å². The molecule has 0 N–H and O–H groups in total. The van der Waals surface area contributed by atoms with Crippen LogP contribution in [0.4, 0.5) is 4.39 Å². The van der Waals surface area contributed by atoms with Crippen molar-refractivity contribution in [2.75, 3.05) is 14.2 Å². The summed E-state index contributed by atoms with van der Waals surface area (Å²) in [6.45, 7) is 2.75. The number of hydrogen-bond acceptors (Lipinski definition) is 4. The molecule has 0 saturated heterocycles. The van der Waals surface area contributed by atoms with Gasteiger partial charge in [-0.15, -0.1) is 0 Å². The Balaban J connectivity index is 3.44. The smallest absolute Gasteiger partial charge is 0.236 e. The predicted molar refractivity (Wildman–Crippen MR) is 72.2 cm³/mol. The van der Waals surface area contributed by atoms with E-state index in [2.05, 4.69) is 0 Å². The van der Waals surface area contributed by atoms with Crippen molar-refractivity contribution in [1.29, 1.82) is 0 Å². The molecule has 0 aliphatic heterocycles. The van der Waals surface area contributed by atoms with Crippen molar-refractivity contribution in [3.63, 3.8) is 0 Å². The highest BCUT2D eigenvalue weighted by Gasteiger charge is 2.26. The number of methoxy groups -OCH3 is 2. The molecule has 0 aromatic heterocycles. The van der Waals surface area contributed by atoms with E-state index < -0.39 is 20.5 Å². The topological polar surface area (TPSA) is 52.6 Å². The fourth-order valence-corrected chi connectivity index (χ4v) is 2.67. The van der Waals surface area contributed by atoms with Gasteiger partial charge >= 0.3 is 0 Å². The second-order valence-corrected chi connectivity index (χ2v) is 7.30. The number of alkyl halides is 1. The van der Waals surface area contributed by atoms with Crippen molar-refractivity contribution in [2.24, 2.45) is 0 Å². The quantitative estimate of drug-likeness (QED) is 0.785. The monoisotopic (exact) mass is 310 g/mol. The largest absolute Gasteiger partial charge is 0.496 e. The minimum absolute atomic E-state index is 0.253. The van der Waals surface area contributed by atoms with E-state index >= 15 is 0 Å². The summed E-state index contributed by atoms with van der Waals surface area (Å²) in [4.78, 5) is 0. The third kappa shape index (κ3) is 4.24. The Morgan fingerprint density at radius 2 is 1.74 bits per heavy atom. The van der Waals surface area contributed by atoms with Crippen molar-refractivity contribution in [2.45, 2.75) is 25.3 Å².